The van der Waals surface area contributed by atoms with Crippen LogP contribution in [-0.2, 0) is 42.7 Å². The topological polar surface area (TPSA) is 140 Å². The lowest BCUT2D eigenvalue weighted by Crippen LogP contribution is -2.29. The molecule has 12 heteroatoms. The van der Waals surface area contributed by atoms with E-state index in [1.807, 2.05) is 24.3 Å². The van der Waals surface area contributed by atoms with E-state index in [2.05, 4.69) is 29.6 Å². The summed E-state index contributed by atoms with van der Waals surface area (Å²) in [4.78, 5) is 22.5. The number of hydrogen-bond acceptors (Lipinski definition) is 10. The molecule has 1 aliphatic rings. The second kappa shape index (κ2) is 21.6. The standard InChI is InChI=1S/C31H43NO11/c33-30(34)24-42-22-21-41-20-19-40-18-17-39-16-15-38-14-13-37-12-11-36-10-9-32-31(35)43-23-29-27-7-3-1-5-25(27)26-6-2-4-8-28(26)29/h1-8,29H,9-24H2,(H,32,35)(H,33,34). The Morgan fingerprint density at radius 2 is 0.977 bits per heavy atom. The average molecular weight is 606 g/mol. The molecule has 0 unspecified atom stereocenters. The Kier molecular flexibility index (Phi) is 17.2. The molecule has 0 fully saturated rings. The van der Waals surface area contributed by atoms with Gasteiger partial charge in [0.05, 0.1) is 85.9 Å². The molecule has 0 saturated carbocycles. The van der Waals surface area contributed by atoms with Crippen LogP contribution in [-0.4, -0.2) is 123 Å². The van der Waals surface area contributed by atoms with Crippen molar-refractivity contribution < 1.29 is 52.6 Å². The minimum Gasteiger partial charge on any atom is -0.480 e. The Balaban J connectivity index is 1.04. The third kappa shape index (κ3) is 13.8. The lowest BCUT2D eigenvalue weighted by Gasteiger charge is -2.14. The first-order valence-corrected chi connectivity index (χ1v) is 14.5. The molecular weight excluding hydrogens is 562 g/mol. The molecule has 0 radical (unpaired) electrons. The van der Waals surface area contributed by atoms with Crippen LogP contribution in [0.4, 0.5) is 4.79 Å². The summed E-state index contributed by atoms with van der Waals surface area (Å²) < 4.78 is 42.8. The number of carbonyl (C=O) groups excluding carboxylic acids is 1. The van der Waals surface area contributed by atoms with Crippen LogP contribution in [0.25, 0.3) is 11.1 Å². The summed E-state index contributed by atoms with van der Waals surface area (Å²) in [5.41, 5.74) is 4.75. The predicted molar refractivity (Wildman–Crippen MR) is 156 cm³/mol. The lowest BCUT2D eigenvalue weighted by molar-refractivity contribution is -0.142. The Bertz CT molecular complexity index is 1020. The summed E-state index contributed by atoms with van der Waals surface area (Å²) in [6.45, 7) is 5.64. The van der Waals surface area contributed by atoms with Gasteiger partial charge in [-0.05, 0) is 22.3 Å². The van der Waals surface area contributed by atoms with E-state index >= 15 is 0 Å². The number of carbonyl (C=O) groups is 2. The van der Waals surface area contributed by atoms with Crippen molar-refractivity contribution in [2.75, 3.05) is 106 Å². The Morgan fingerprint density at radius 3 is 1.42 bits per heavy atom. The van der Waals surface area contributed by atoms with Crippen molar-refractivity contribution in [3.63, 3.8) is 0 Å². The number of benzene rings is 2. The molecule has 12 nitrogen and oxygen atoms in total. The molecule has 3 rings (SSSR count). The van der Waals surface area contributed by atoms with Gasteiger partial charge in [-0.1, -0.05) is 48.5 Å². The highest BCUT2D eigenvalue weighted by molar-refractivity contribution is 5.79. The minimum absolute atomic E-state index is 0.0344. The summed E-state index contributed by atoms with van der Waals surface area (Å²) >= 11 is 0. The zero-order valence-electron chi connectivity index (χ0n) is 24.5. The van der Waals surface area contributed by atoms with Crippen molar-refractivity contribution in [1.82, 2.24) is 5.32 Å². The van der Waals surface area contributed by atoms with Crippen LogP contribution in [0.15, 0.2) is 48.5 Å². The van der Waals surface area contributed by atoms with Crippen LogP contribution in [0.5, 0.6) is 0 Å². The molecular formula is C31H43NO11. The van der Waals surface area contributed by atoms with Crippen LogP contribution >= 0.6 is 0 Å². The summed E-state index contributed by atoms with van der Waals surface area (Å²) in [6.07, 6.45) is -0.459. The summed E-state index contributed by atoms with van der Waals surface area (Å²) in [5.74, 6) is -0.965. The molecule has 1 amide bonds. The van der Waals surface area contributed by atoms with Crippen molar-refractivity contribution in [3.05, 3.63) is 59.7 Å². The smallest absolute Gasteiger partial charge is 0.407 e. The van der Waals surface area contributed by atoms with E-state index in [1.54, 1.807) is 0 Å². The number of carboxylic acids is 1. The van der Waals surface area contributed by atoms with Gasteiger partial charge in [0.15, 0.2) is 0 Å². The van der Waals surface area contributed by atoms with Crippen LogP contribution in [0.3, 0.4) is 0 Å². The number of ether oxygens (including phenoxy) is 8. The zero-order chi connectivity index (χ0) is 30.4. The van der Waals surface area contributed by atoms with Gasteiger partial charge in [-0.25, -0.2) is 9.59 Å². The first-order chi connectivity index (χ1) is 21.2. The van der Waals surface area contributed by atoms with Gasteiger partial charge in [0.2, 0.25) is 0 Å². The summed E-state index contributed by atoms with van der Waals surface area (Å²) in [5, 5.41) is 11.2. The first-order valence-electron chi connectivity index (χ1n) is 14.5. The van der Waals surface area contributed by atoms with Crippen molar-refractivity contribution in [2.24, 2.45) is 0 Å². The third-order valence-electron chi connectivity index (χ3n) is 6.32. The van der Waals surface area contributed by atoms with Gasteiger partial charge >= 0.3 is 12.1 Å². The number of nitrogens with one attached hydrogen (secondary N) is 1. The summed E-state index contributed by atoms with van der Waals surface area (Å²) in [7, 11) is 0. The predicted octanol–water partition coefficient (Wildman–Crippen LogP) is 2.73. The maximum Gasteiger partial charge on any atom is 0.407 e. The van der Waals surface area contributed by atoms with Gasteiger partial charge in [-0.3, -0.25) is 0 Å². The van der Waals surface area contributed by atoms with Gasteiger partial charge in [0.25, 0.3) is 0 Å². The molecule has 0 saturated heterocycles. The quantitative estimate of drug-likeness (QED) is 0.162. The van der Waals surface area contributed by atoms with Crippen LogP contribution in [0.1, 0.15) is 17.0 Å². The molecule has 0 heterocycles. The van der Waals surface area contributed by atoms with Gasteiger partial charge in [0, 0.05) is 12.5 Å². The van der Waals surface area contributed by atoms with Gasteiger partial charge in [-0.2, -0.15) is 0 Å². The number of rotatable bonds is 25. The number of fused-ring (bicyclic) bond motifs is 3. The number of carboxylic acid groups (broad SMARTS) is 1. The fourth-order valence-electron chi connectivity index (χ4n) is 4.35. The Hall–Kier alpha value is -3.10. The largest absolute Gasteiger partial charge is 0.480 e. The Morgan fingerprint density at radius 1 is 0.581 bits per heavy atom. The highest BCUT2D eigenvalue weighted by atomic mass is 16.6. The van der Waals surface area contributed by atoms with E-state index in [1.165, 1.54) is 22.3 Å². The highest BCUT2D eigenvalue weighted by Gasteiger charge is 2.28. The van der Waals surface area contributed by atoms with Crippen molar-refractivity contribution in [3.8, 4) is 11.1 Å². The monoisotopic (exact) mass is 605 g/mol. The molecule has 0 bridgehead atoms. The Labute approximate surface area is 252 Å². The van der Waals surface area contributed by atoms with E-state index in [9.17, 15) is 9.59 Å². The fourth-order valence-corrected chi connectivity index (χ4v) is 4.35. The molecule has 0 spiro atoms. The number of amides is 1. The third-order valence-corrected chi connectivity index (χ3v) is 6.32. The summed E-state index contributed by atoms with van der Waals surface area (Å²) in [6, 6.07) is 16.5. The molecule has 2 aromatic carbocycles. The highest BCUT2D eigenvalue weighted by Crippen LogP contribution is 2.44. The molecule has 0 aliphatic heterocycles. The van der Waals surface area contributed by atoms with Gasteiger partial charge < -0.3 is 48.3 Å². The van der Waals surface area contributed by atoms with E-state index in [0.29, 0.717) is 85.8 Å². The maximum absolute atomic E-state index is 12.2. The lowest BCUT2D eigenvalue weighted by atomic mass is 9.98. The molecule has 2 N–H and O–H groups in total. The molecule has 238 valence electrons. The zero-order valence-corrected chi connectivity index (χ0v) is 24.5. The average Bonchev–Trinajstić information content (AvgIpc) is 3.33. The van der Waals surface area contributed by atoms with Crippen molar-refractivity contribution >= 4 is 12.1 Å². The molecule has 1 aliphatic carbocycles. The van der Waals surface area contributed by atoms with E-state index in [4.69, 9.17) is 43.0 Å². The first kappa shape index (κ1) is 34.4. The van der Waals surface area contributed by atoms with E-state index in [0.717, 1.165) is 0 Å². The second-order valence-corrected chi connectivity index (χ2v) is 9.37. The van der Waals surface area contributed by atoms with Crippen molar-refractivity contribution in [2.45, 2.75) is 5.92 Å². The fraction of sp³-hybridized carbons (Fsp3) is 0.548. The van der Waals surface area contributed by atoms with Gasteiger partial charge in [0.1, 0.15) is 13.2 Å². The normalized spacial score (nSPS) is 12.2. The second-order valence-electron chi connectivity index (χ2n) is 9.37. The van der Waals surface area contributed by atoms with E-state index in [-0.39, 0.29) is 25.7 Å². The number of hydrogen-bond donors (Lipinski definition) is 2. The maximum atomic E-state index is 12.2. The molecule has 2 aromatic rings. The van der Waals surface area contributed by atoms with Crippen LogP contribution in [0.2, 0.25) is 0 Å². The van der Waals surface area contributed by atoms with Crippen molar-refractivity contribution in [1.29, 1.82) is 0 Å². The molecule has 0 atom stereocenters. The molecule has 43 heavy (non-hydrogen) atoms. The van der Waals surface area contributed by atoms with E-state index < -0.39 is 12.1 Å². The molecule has 0 aromatic heterocycles. The number of aliphatic carboxylic acids is 1. The van der Waals surface area contributed by atoms with Crippen LogP contribution < -0.4 is 5.32 Å². The SMILES string of the molecule is O=C(O)COCCOCCOCCOCCOCCOCCOCCNC(=O)OCC1c2ccccc2-c2ccccc21. The minimum atomic E-state index is -1.000. The van der Waals surface area contributed by atoms with Crippen LogP contribution in [0, 0.1) is 0 Å². The number of alkyl carbamates (subject to hydrolysis) is 1. The van der Waals surface area contributed by atoms with Gasteiger partial charge in [-0.15, -0.1) is 0 Å².